The van der Waals surface area contributed by atoms with Crippen LogP contribution in [-0.4, -0.2) is 46.2 Å². The predicted octanol–water partition coefficient (Wildman–Crippen LogP) is 2.89. The first-order valence-corrected chi connectivity index (χ1v) is 10.3. The molecule has 0 aromatic carbocycles. The molecular formula is C22H27N5O2. The van der Waals surface area contributed by atoms with Gasteiger partial charge in [0.15, 0.2) is 0 Å². The van der Waals surface area contributed by atoms with E-state index in [0.29, 0.717) is 12.4 Å². The average molecular weight is 393 g/mol. The lowest BCUT2D eigenvalue weighted by Crippen LogP contribution is -2.30. The molecule has 2 N–H and O–H groups in total. The van der Waals surface area contributed by atoms with Gasteiger partial charge < -0.3 is 20.2 Å². The Kier molecular flexibility index (Phi) is 3.90. The molecule has 1 saturated carbocycles. The molecule has 0 radical (unpaired) electrons. The molecule has 3 aliphatic rings. The molecule has 29 heavy (non-hydrogen) atoms. The topological polar surface area (TPSA) is 81.6 Å². The predicted molar refractivity (Wildman–Crippen MR) is 113 cm³/mol. The molecule has 1 spiro atoms. The second-order valence-corrected chi connectivity index (χ2v) is 9.16. The third-order valence-corrected chi connectivity index (χ3v) is 6.36. The van der Waals surface area contributed by atoms with E-state index in [4.69, 9.17) is 4.98 Å². The normalized spacial score (nSPS) is 24.1. The van der Waals surface area contributed by atoms with Crippen LogP contribution in [0.5, 0.6) is 0 Å². The van der Waals surface area contributed by atoms with E-state index in [1.165, 1.54) is 12.5 Å². The highest BCUT2D eigenvalue weighted by molar-refractivity contribution is 5.89. The van der Waals surface area contributed by atoms with Gasteiger partial charge in [-0.2, -0.15) is 0 Å². The molecule has 7 heteroatoms. The number of amides is 1. The maximum atomic E-state index is 11.5. The van der Waals surface area contributed by atoms with Gasteiger partial charge >= 0.3 is 0 Å². The van der Waals surface area contributed by atoms with E-state index in [1.54, 1.807) is 0 Å². The van der Waals surface area contributed by atoms with Gasteiger partial charge in [0.2, 0.25) is 5.91 Å². The molecule has 2 aliphatic heterocycles. The molecule has 1 saturated heterocycles. The monoisotopic (exact) mass is 393 g/mol. The molecule has 5 rings (SSSR count). The van der Waals surface area contributed by atoms with Crippen LogP contribution in [0.1, 0.15) is 44.2 Å². The number of rotatable bonds is 3. The van der Waals surface area contributed by atoms with Gasteiger partial charge in [-0.05, 0) is 50.8 Å². The number of anilines is 4. The third-order valence-electron chi connectivity index (χ3n) is 6.36. The van der Waals surface area contributed by atoms with Crippen molar-refractivity contribution in [2.75, 3.05) is 34.8 Å². The van der Waals surface area contributed by atoms with Gasteiger partial charge in [0.25, 0.3) is 0 Å². The minimum absolute atomic E-state index is 0.125. The number of hydrogen-bond donors (Lipinski definition) is 2. The van der Waals surface area contributed by atoms with E-state index < -0.39 is 5.60 Å². The van der Waals surface area contributed by atoms with Gasteiger partial charge in [-0.15, -0.1) is 0 Å². The first-order chi connectivity index (χ1) is 13.7. The maximum Gasteiger partial charge on any atom is 0.222 e. The molecule has 0 unspecified atom stereocenters. The Morgan fingerprint density at radius 3 is 2.59 bits per heavy atom. The minimum Gasteiger partial charge on any atom is -0.388 e. The van der Waals surface area contributed by atoms with E-state index in [0.717, 1.165) is 55.2 Å². The van der Waals surface area contributed by atoms with E-state index in [2.05, 4.69) is 39.2 Å². The van der Waals surface area contributed by atoms with Gasteiger partial charge in [0.1, 0.15) is 17.5 Å². The van der Waals surface area contributed by atoms with Crippen LogP contribution in [0, 0.1) is 6.92 Å². The number of fused-ring (bicyclic) bond motifs is 2. The molecule has 7 nitrogen and oxygen atoms in total. The van der Waals surface area contributed by atoms with E-state index in [-0.39, 0.29) is 11.3 Å². The summed E-state index contributed by atoms with van der Waals surface area (Å²) >= 11 is 0. The fourth-order valence-electron chi connectivity index (χ4n) is 4.65. The van der Waals surface area contributed by atoms with Crippen molar-refractivity contribution in [1.29, 1.82) is 0 Å². The van der Waals surface area contributed by atoms with Crippen LogP contribution < -0.4 is 15.1 Å². The summed E-state index contributed by atoms with van der Waals surface area (Å²) in [5.74, 6) is 2.27. The highest BCUT2D eigenvalue weighted by atomic mass is 16.3. The van der Waals surface area contributed by atoms with Crippen LogP contribution >= 0.6 is 0 Å². The van der Waals surface area contributed by atoms with Gasteiger partial charge in [-0.1, -0.05) is 0 Å². The van der Waals surface area contributed by atoms with Crippen molar-refractivity contribution in [3.8, 4) is 0 Å². The van der Waals surface area contributed by atoms with Crippen molar-refractivity contribution < 1.29 is 9.90 Å². The largest absolute Gasteiger partial charge is 0.388 e. The molecule has 1 atom stereocenters. The van der Waals surface area contributed by atoms with Crippen molar-refractivity contribution in [3.63, 3.8) is 0 Å². The van der Waals surface area contributed by atoms with Gasteiger partial charge in [0.05, 0.1) is 11.3 Å². The fraction of sp³-hybridized carbons (Fsp3) is 0.500. The Hall–Kier alpha value is -2.67. The minimum atomic E-state index is -0.664. The molecule has 152 valence electrons. The summed E-state index contributed by atoms with van der Waals surface area (Å²) in [5, 5.41) is 13.2. The second-order valence-electron chi connectivity index (χ2n) is 9.16. The molecule has 0 bridgehead atoms. The summed E-state index contributed by atoms with van der Waals surface area (Å²) in [6, 6.07) is 6.17. The molecule has 2 aromatic rings. The van der Waals surface area contributed by atoms with E-state index >= 15 is 0 Å². The summed E-state index contributed by atoms with van der Waals surface area (Å²) in [6.45, 7) is 7.76. The van der Waals surface area contributed by atoms with Crippen LogP contribution in [0.4, 0.5) is 23.1 Å². The maximum absolute atomic E-state index is 11.5. The van der Waals surface area contributed by atoms with Gasteiger partial charge in [-0.3, -0.25) is 4.79 Å². The Morgan fingerprint density at radius 2 is 1.93 bits per heavy atom. The van der Waals surface area contributed by atoms with Crippen LogP contribution in [0.15, 0.2) is 24.4 Å². The summed E-state index contributed by atoms with van der Waals surface area (Å²) in [4.78, 5) is 25.3. The number of carbonyl (C=O) groups is 1. The summed E-state index contributed by atoms with van der Waals surface area (Å²) in [7, 11) is 0. The molecule has 2 aromatic heterocycles. The fourth-order valence-corrected chi connectivity index (χ4v) is 4.65. The number of nitrogens with one attached hydrogen (secondary N) is 1. The van der Waals surface area contributed by atoms with Crippen molar-refractivity contribution in [2.24, 2.45) is 0 Å². The number of carbonyl (C=O) groups excluding carboxylic acids is 1. The number of nitrogens with zero attached hydrogens (tertiary/aromatic N) is 4. The van der Waals surface area contributed by atoms with Crippen LogP contribution in [0.2, 0.25) is 0 Å². The lowest BCUT2D eigenvalue weighted by molar-refractivity contribution is -0.114. The number of aryl methyl sites for hydroxylation is 1. The van der Waals surface area contributed by atoms with Crippen molar-refractivity contribution in [1.82, 2.24) is 9.97 Å². The summed E-state index contributed by atoms with van der Waals surface area (Å²) < 4.78 is 0. The Labute approximate surface area is 170 Å². The van der Waals surface area contributed by atoms with Crippen molar-refractivity contribution >= 4 is 29.0 Å². The van der Waals surface area contributed by atoms with Crippen molar-refractivity contribution in [3.05, 3.63) is 35.5 Å². The highest BCUT2D eigenvalue weighted by Gasteiger charge is 2.52. The van der Waals surface area contributed by atoms with Crippen LogP contribution in [-0.2, 0) is 10.2 Å². The Bertz CT molecular complexity index is 999. The smallest absolute Gasteiger partial charge is 0.222 e. The zero-order valence-corrected chi connectivity index (χ0v) is 17.2. The van der Waals surface area contributed by atoms with Gasteiger partial charge in [-0.25, -0.2) is 9.97 Å². The highest BCUT2D eigenvalue weighted by Crippen LogP contribution is 2.58. The third kappa shape index (κ3) is 3.23. The van der Waals surface area contributed by atoms with E-state index in [1.807, 2.05) is 19.2 Å². The Balaban J connectivity index is 1.53. The molecule has 1 amide bonds. The summed E-state index contributed by atoms with van der Waals surface area (Å²) in [6.07, 6.45) is 4.98. The SMILES string of the molecule is CC(=O)Nc1cc2c(cn1)C1(CC1)CN2c1cc(C)cc(N2CC[C@](C)(O)C2)n1. The first-order valence-electron chi connectivity index (χ1n) is 10.3. The first kappa shape index (κ1) is 18.4. The van der Waals surface area contributed by atoms with E-state index in [9.17, 15) is 9.90 Å². The molecular weight excluding hydrogens is 366 g/mol. The quantitative estimate of drug-likeness (QED) is 0.835. The number of hydrogen-bond acceptors (Lipinski definition) is 6. The summed E-state index contributed by atoms with van der Waals surface area (Å²) in [5.41, 5.74) is 2.98. The standard InChI is InChI=1S/C22H27N5O2/c1-14-8-19(26-7-6-21(3,29)12-26)25-20(9-14)27-13-22(4-5-22)16-11-23-18(10-17(16)27)24-15(2)28/h8-11,29H,4-7,12-13H2,1-3H3,(H,23,24,28)/t21-/m0/s1. The lowest BCUT2D eigenvalue weighted by atomic mass is 10.0. The number of aromatic nitrogens is 2. The van der Waals surface area contributed by atoms with Crippen molar-refractivity contribution in [2.45, 2.75) is 51.0 Å². The number of pyridine rings is 2. The average Bonchev–Trinajstić information content (AvgIpc) is 3.22. The lowest BCUT2D eigenvalue weighted by Gasteiger charge is -2.24. The number of aliphatic hydroxyl groups is 1. The van der Waals surface area contributed by atoms with Crippen LogP contribution in [0.3, 0.4) is 0 Å². The zero-order valence-electron chi connectivity index (χ0n) is 17.2. The molecule has 4 heterocycles. The number of β-amino-alcohol motifs (C(OH)–C–C–N with tert-alkyl or cyclic N) is 1. The molecule has 1 aliphatic carbocycles. The van der Waals surface area contributed by atoms with Gasteiger partial charge in [0, 0.05) is 49.8 Å². The zero-order chi connectivity index (χ0) is 20.4. The van der Waals surface area contributed by atoms with Crippen LogP contribution in [0.25, 0.3) is 0 Å². The second kappa shape index (κ2) is 6.16. The Morgan fingerprint density at radius 1 is 1.17 bits per heavy atom. The molecule has 2 fully saturated rings.